The van der Waals surface area contributed by atoms with Gasteiger partial charge in [-0.3, -0.25) is 0 Å². The van der Waals surface area contributed by atoms with Crippen LogP contribution in [0.3, 0.4) is 0 Å². The van der Waals surface area contributed by atoms with Gasteiger partial charge in [-0.1, -0.05) is 177 Å². The molecule has 1 aliphatic heterocycles. The van der Waals surface area contributed by atoms with Crippen LogP contribution in [0.15, 0.2) is 212 Å². The lowest BCUT2D eigenvalue weighted by Gasteiger charge is -2.19. The van der Waals surface area contributed by atoms with Gasteiger partial charge in [-0.2, -0.15) is 0 Å². The van der Waals surface area contributed by atoms with Crippen LogP contribution in [0.5, 0.6) is 0 Å². The molecule has 0 spiro atoms. The van der Waals surface area contributed by atoms with Gasteiger partial charge in [0.2, 0.25) is 0 Å². The minimum atomic E-state index is -1.95. The predicted octanol–water partition coefficient (Wildman–Crippen LogP) is 13.5. The Balaban J connectivity index is 1.03. The van der Waals surface area contributed by atoms with Crippen molar-refractivity contribution < 1.29 is 0 Å². The van der Waals surface area contributed by atoms with Gasteiger partial charge in [0.25, 0.3) is 0 Å². The summed E-state index contributed by atoms with van der Waals surface area (Å²) in [5, 5.41) is 7.75. The summed E-state index contributed by atoms with van der Waals surface area (Å²) in [4.78, 5) is 15.9. The molecular formula is C59H41N5Si. The summed E-state index contributed by atoms with van der Waals surface area (Å²) in [6.07, 6.45) is 0. The van der Waals surface area contributed by atoms with Crippen molar-refractivity contribution in [3.63, 3.8) is 0 Å². The van der Waals surface area contributed by atoms with Crippen LogP contribution in [0, 0.1) is 0 Å². The lowest BCUT2D eigenvalue weighted by molar-refractivity contribution is 1.06. The predicted molar refractivity (Wildman–Crippen MR) is 272 cm³/mol. The summed E-state index contributed by atoms with van der Waals surface area (Å²) in [5.74, 6) is 1.94. The molecule has 6 heteroatoms. The first kappa shape index (κ1) is 37.4. The van der Waals surface area contributed by atoms with Gasteiger partial charge in [-0.05, 0) is 81.2 Å². The average Bonchev–Trinajstić information content (AvgIpc) is 3.97. The molecule has 5 nitrogen and oxygen atoms in total. The van der Waals surface area contributed by atoms with Crippen LogP contribution in [0.4, 0.5) is 0 Å². The van der Waals surface area contributed by atoms with E-state index in [1.807, 2.05) is 18.2 Å². The standard InChI is InChI=1S/C59H41N5Si/c1-65(2)53-34-16-12-23-41(53)42-36-35-39(37-54(42)65)58-60-57(38-19-5-3-6-20-38)61-59(62-58)47-26-11-15-31-50(47)64-49-30-14-10-25-46(49)56-44(28-18-33-52(56)64)43-27-17-32-51-55(43)45-24-9-13-29-48(45)63(51)40-21-7-4-8-22-40/h3-37H,1-2H3. The van der Waals surface area contributed by atoms with Gasteiger partial charge < -0.3 is 9.13 Å². The number of rotatable bonds is 6. The van der Waals surface area contributed by atoms with E-state index in [0.717, 1.165) is 39.1 Å². The molecule has 0 N–H and O–H groups in total. The average molecular weight is 848 g/mol. The van der Waals surface area contributed by atoms with Gasteiger partial charge >= 0.3 is 0 Å². The molecule has 0 bridgehead atoms. The largest absolute Gasteiger partial charge is 0.309 e. The molecule has 306 valence electrons. The fourth-order valence-corrected chi connectivity index (χ4v) is 13.7. The summed E-state index contributed by atoms with van der Waals surface area (Å²) in [5.41, 5.74) is 14.7. The molecule has 0 unspecified atom stereocenters. The highest BCUT2D eigenvalue weighted by Crippen LogP contribution is 2.45. The molecule has 0 radical (unpaired) electrons. The molecule has 0 saturated carbocycles. The lowest BCUT2D eigenvalue weighted by Crippen LogP contribution is -2.49. The van der Waals surface area contributed by atoms with Crippen LogP contribution in [0.1, 0.15) is 0 Å². The van der Waals surface area contributed by atoms with Crippen LogP contribution in [-0.4, -0.2) is 32.2 Å². The summed E-state index contributed by atoms with van der Waals surface area (Å²) in [7, 11) is -1.95. The van der Waals surface area contributed by atoms with Crippen molar-refractivity contribution in [2.45, 2.75) is 13.1 Å². The maximum atomic E-state index is 5.39. The highest BCUT2D eigenvalue weighted by atomic mass is 28.3. The second kappa shape index (κ2) is 14.4. The van der Waals surface area contributed by atoms with Crippen molar-refractivity contribution in [3.8, 4) is 67.8 Å². The molecule has 0 amide bonds. The van der Waals surface area contributed by atoms with Crippen molar-refractivity contribution in [2.24, 2.45) is 0 Å². The Morgan fingerprint density at radius 3 is 1.54 bits per heavy atom. The molecule has 0 fully saturated rings. The SMILES string of the molecule is C[Si]1(C)c2ccccc2-c2ccc(-c3nc(-c4ccccc4)nc(-c4ccccc4-n4c5ccccc5c5c(-c6cccc7c6c6ccccc6n7-c6ccccc6)cccc54)n3)cc21. The van der Waals surface area contributed by atoms with Crippen LogP contribution >= 0.6 is 0 Å². The van der Waals surface area contributed by atoms with Gasteiger partial charge in [0.05, 0.1) is 27.8 Å². The number of benzene rings is 9. The monoisotopic (exact) mass is 847 g/mol. The van der Waals surface area contributed by atoms with E-state index in [9.17, 15) is 0 Å². The van der Waals surface area contributed by atoms with E-state index in [2.05, 4.69) is 216 Å². The van der Waals surface area contributed by atoms with E-state index in [4.69, 9.17) is 15.0 Å². The lowest BCUT2D eigenvalue weighted by atomic mass is 9.95. The van der Waals surface area contributed by atoms with Crippen LogP contribution in [0.25, 0.3) is 111 Å². The summed E-state index contributed by atoms with van der Waals surface area (Å²) in [6.45, 7) is 4.90. The highest BCUT2D eigenvalue weighted by Gasteiger charge is 2.37. The third kappa shape index (κ3) is 5.67. The molecule has 0 atom stereocenters. The number of para-hydroxylation sites is 4. The van der Waals surface area contributed by atoms with Crippen molar-refractivity contribution in [2.75, 3.05) is 0 Å². The summed E-state index contributed by atoms with van der Waals surface area (Å²) < 4.78 is 4.80. The summed E-state index contributed by atoms with van der Waals surface area (Å²) in [6, 6.07) is 76.3. The fourth-order valence-electron chi connectivity index (χ4n) is 10.6. The number of nitrogens with zero attached hydrogens (tertiary/aromatic N) is 5. The Bertz CT molecular complexity index is 3860. The maximum Gasteiger partial charge on any atom is 0.166 e. The van der Waals surface area contributed by atoms with E-state index in [1.54, 1.807) is 0 Å². The first-order valence-corrected chi connectivity index (χ1v) is 25.3. The zero-order valence-corrected chi connectivity index (χ0v) is 36.9. The number of fused-ring (bicyclic) bond motifs is 9. The van der Waals surface area contributed by atoms with Crippen molar-refractivity contribution >= 4 is 62.1 Å². The summed E-state index contributed by atoms with van der Waals surface area (Å²) >= 11 is 0. The second-order valence-electron chi connectivity index (χ2n) is 17.6. The molecule has 4 heterocycles. The van der Waals surface area contributed by atoms with Crippen LogP contribution in [0.2, 0.25) is 13.1 Å². The molecule has 3 aromatic heterocycles. The molecule has 1 aliphatic rings. The van der Waals surface area contributed by atoms with Gasteiger partial charge in [-0.25, -0.2) is 15.0 Å². The molecule has 0 aliphatic carbocycles. The van der Waals surface area contributed by atoms with Gasteiger partial charge in [-0.15, -0.1) is 0 Å². The van der Waals surface area contributed by atoms with Crippen LogP contribution < -0.4 is 10.4 Å². The van der Waals surface area contributed by atoms with E-state index in [1.165, 1.54) is 65.2 Å². The topological polar surface area (TPSA) is 48.5 Å². The highest BCUT2D eigenvalue weighted by molar-refractivity contribution is 7.03. The number of hydrogen-bond donors (Lipinski definition) is 0. The number of aromatic nitrogens is 5. The molecule has 13 rings (SSSR count). The molecule has 0 saturated heterocycles. The van der Waals surface area contributed by atoms with Gasteiger partial charge in [0, 0.05) is 43.9 Å². The van der Waals surface area contributed by atoms with E-state index >= 15 is 0 Å². The zero-order valence-electron chi connectivity index (χ0n) is 35.9. The second-order valence-corrected chi connectivity index (χ2v) is 21.9. The quantitative estimate of drug-likeness (QED) is 0.157. The minimum Gasteiger partial charge on any atom is -0.309 e. The third-order valence-corrected chi connectivity index (χ3v) is 17.1. The first-order chi connectivity index (χ1) is 32.0. The number of hydrogen-bond acceptors (Lipinski definition) is 3. The molecule has 65 heavy (non-hydrogen) atoms. The van der Waals surface area contributed by atoms with E-state index in [-0.39, 0.29) is 0 Å². The normalized spacial score (nSPS) is 12.9. The van der Waals surface area contributed by atoms with Crippen LogP contribution in [-0.2, 0) is 0 Å². The van der Waals surface area contributed by atoms with E-state index < -0.39 is 8.07 Å². The Morgan fingerprint density at radius 2 is 0.831 bits per heavy atom. The maximum absolute atomic E-state index is 5.39. The van der Waals surface area contributed by atoms with Gasteiger partial charge in [0.15, 0.2) is 17.5 Å². The Hall–Kier alpha value is -8.19. The molecule has 9 aromatic carbocycles. The first-order valence-electron chi connectivity index (χ1n) is 22.3. The fraction of sp³-hybridized carbons (Fsp3) is 0.0339. The Labute approximate surface area is 377 Å². The Morgan fingerprint density at radius 1 is 0.338 bits per heavy atom. The Kier molecular flexibility index (Phi) is 8.29. The smallest absolute Gasteiger partial charge is 0.166 e. The molecule has 12 aromatic rings. The zero-order chi connectivity index (χ0) is 43.2. The third-order valence-electron chi connectivity index (χ3n) is 13.6. The van der Waals surface area contributed by atoms with Crippen molar-refractivity contribution in [1.82, 2.24) is 24.1 Å². The van der Waals surface area contributed by atoms with Crippen molar-refractivity contribution in [1.29, 1.82) is 0 Å². The van der Waals surface area contributed by atoms with Gasteiger partial charge in [0.1, 0.15) is 8.07 Å². The molecular weight excluding hydrogens is 807 g/mol. The van der Waals surface area contributed by atoms with Crippen molar-refractivity contribution in [3.05, 3.63) is 212 Å². The van der Waals surface area contributed by atoms with E-state index in [0.29, 0.717) is 17.5 Å². The minimum absolute atomic E-state index is 0.630.